The van der Waals surface area contributed by atoms with Crippen molar-refractivity contribution in [3.63, 3.8) is 0 Å². The van der Waals surface area contributed by atoms with Crippen molar-refractivity contribution in [2.45, 2.75) is 111 Å². The van der Waals surface area contributed by atoms with Crippen molar-refractivity contribution in [1.82, 2.24) is 9.80 Å². The Hall–Kier alpha value is -0.570. The lowest BCUT2D eigenvalue weighted by atomic mass is 9.71. The predicted octanol–water partition coefficient (Wildman–Crippen LogP) is 6.51. The van der Waals surface area contributed by atoms with E-state index in [4.69, 9.17) is 0 Å². The van der Waals surface area contributed by atoms with Crippen LogP contribution in [0.5, 0.6) is 0 Å². The maximum absolute atomic E-state index is 12.7. The maximum atomic E-state index is 12.7. The molecule has 2 unspecified atom stereocenters. The van der Waals surface area contributed by atoms with Crippen LogP contribution in [0.1, 0.15) is 111 Å². The first-order valence-corrected chi connectivity index (χ1v) is 13.0. The van der Waals surface area contributed by atoms with Gasteiger partial charge >= 0.3 is 0 Å². The number of unbranched alkanes of at least 4 members (excludes halogenated alkanes) is 4. The molecule has 0 saturated carbocycles. The second-order valence-corrected chi connectivity index (χ2v) is 10.5. The van der Waals surface area contributed by atoms with Crippen molar-refractivity contribution >= 4 is 5.91 Å². The van der Waals surface area contributed by atoms with E-state index >= 15 is 0 Å². The third-order valence-electron chi connectivity index (χ3n) is 7.72. The molecule has 2 atom stereocenters. The molecule has 2 fully saturated rings. The van der Waals surface area contributed by atoms with Crippen molar-refractivity contribution in [2.75, 3.05) is 32.7 Å². The van der Waals surface area contributed by atoms with E-state index in [-0.39, 0.29) is 0 Å². The molecule has 0 bridgehead atoms. The van der Waals surface area contributed by atoms with Gasteiger partial charge < -0.3 is 9.80 Å². The summed E-state index contributed by atoms with van der Waals surface area (Å²) in [6, 6.07) is 0. The quantitative estimate of drug-likeness (QED) is 0.307. The summed E-state index contributed by atoms with van der Waals surface area (Å²) in [5, 5.41) is 0. The number of hydrogen-bond acceptors (Lipinski definition) is 2. The van der Waals surface area contributed by atoms with E-state index in [0.717, 1.165) is 37.8 Å². The van der Waals surface area contributed by atoms with E-state index < -0.39 is 0 Å². The number of amides is 1. The minimum atomic E-state index is 0.423. The van der Waals surface area contributed by atoms with Crippen molar-refractivity contribution in [3.8, 4) is 0 Å². The fraction of sp³-hybridized carbons (Fsp3) is 0.962. The molecule has 29 heavy (non-hydrogen) atoms. The first-order chi connectivity index (χ1) is 14.0. The lowest BCUT2D eigenvalue weighted by Gasteiger charge is -2.54. The second kappa shape index (κ2) is 13.0. The van der Waals surface area contributed by atoms with Gasteiger partial charge in [-0.3, -0.25) is 4.79 Å². The fourth-order valence-electron chi connectivity index (χ4n) is 5.56. The summed E-state index contributed by atoms with van der Waals surface area (Å²) < 4.78 is 0. The molecule has 0 aromatic carbocycles. The highest BCUT2D eigenvalue weighted by atomic mass is 16.2. The topological polar surface area (TPSA) is 23.6 Å². The van der Waals surface area contributed by atoms with E-state index in [0.29, 0.717) is 11.3 Å². The zero-order valence-electron chi connectivity index (χ0n) is 20.2. The molecule has 0 N–H and O–H groups in total. The van der Waals surface area contributed by atoms with Crippen molar-refractivity contribution < 1.29 is 4.79 Å². The van der Waals surface area contributed by atoms with E-state index in [9.17, 15) is 4.79 Å². The average molecular weight is 407 g/mol. The SMILES string of the molecule is CCCCCCC(C)CN1CC2(CCN(C(=O)CCC(CC)CCCC)CC2)C1. The van der Waals surface area contributed by atoms with Gasteiger partial charge in [-0.15, -0.1) is 0 Å². The molecule has 3 heteroatoms. The smallest absolute Gasteiger partial charge is 0.222 e. The van der Waals surface area contributed by atoms with Gasteiger partial charge in [-0.2, -0.15) is 0 Å². The van der Waals surface area contributed by atoms with Crippen LogP contribution in [-0.2, 0) is 4.79 Å². The Balaban J connectivity index is 1.60. The van der Waals surface area contributed by atoms with Gasteiger partial charge in [-0.25, -0.2) is 0 Å². The molecule has 2 aliphatic heterocycles. The lowest BCUT2D eigenvalue weighted by Crippen LogP contribution is -2.61. The van der Waals surface area contributed by atoms with Crippen LogP contribution in [0.4, 0.5) is 0 Å². The molecule has 0 aromatic heterocycles. The summed E-state index contributed by atoms with van der Waals surface area (Å²) in [7, 11) is 0. The van der Waals surface area contributed by atoms with Crippen molar-refractivity contribution in [3.05, 3.63) is 0 Å². The Morgan fingerprint density at radius 2 is 1.59 bits per heavy atom. The first kappa shape index (κ1) is 24.7. The van der Waals surface area contributed by atoms with Crippen molar-refractivity contribution in [1.29, 1.82) is 0 Å². The zero-order chi connectivity index (χ0) is 21.1. The number of likely N-dealkylation sites (tertiary alicyclic amines) is 2. The molecule has 1 spiro atoms. The van der Waals surface area contributed by atoms with Crippen LogP contribution in [-0.4, -0.2) is 48.4 Å². The molecule has 2 rings (SSSR count). The average Bonchev–Trinajstić information content (AvgIpc) is 2.70. The van der Waals surface area contributed by atoms with Crippen LogP contribution >= 0.6 is 0 Å². The number of rotatable bonds is 14. The number of piperidine rings is 1. The number of nitrogens with zero attached hydrogens (tertiary/aromatic N) is 2. The molecular weight excluding hydrogens is 356 g/mol. The maximum Gasteiger partial charge on any atom is 0.222 e. The van der Waals surface area contributed by atoms with Gasteiger partial charge in [0, 0.05) is 39.1 Å². The third kappa shape index (κ3) is 8.23. The molecule has 170 valence electrons. The van der Waals surface area contributed by atoms with E-state index in [2.05, 4.69) is 37.5 Å². The van der Waals surface area contributed by atoms with Gasteiger partial charge in [-0.1, -0.05) is 79.1 Å². The van der Waals surface area contributed by atoms with Gasteiger partial charge in [0.15, 0.2) is 0 Å². The summed E-state index contributed by atoms with van der Waals surface area (Å²) >= 11 is 0. The molecular formula is C26H50N2O. The van der Waals surface area contributed by atoms with Crippen LogP contribution in [0.25, 0.3) is 0 Å². The molecule has 0 aromatic rings. The lowest BCUT2D eigenvalue weighted by molar-refractivity contribution is -0.136. The van der Waals surface area contributed by atoms with Crippen LogP contribution in [0.15, 0.2) is 0 Å². The van der Waals surface area contributed by atoms with Crippen LogP contribution < -0.4 is 0 Å². The van der Waals surface area contributed by atoms with E-state index in [1.54, 1.807) is 0 Å². The predicted molar refractivity (Wildman–Crippen MR) is 125 cm³/mol. The standard InChI is InChI=1S/C26H50N2O/c1-5-8-10-11-12-23(4)20-27-21-26(22-27)16-18-28(19-17-26)25(29)15-14-24(7-3)13-9-6-2/h23-24H,5-22H2,1-4H3. The number of carbonyl (C=O) groups is 1. The Bertz CT molecular complexity index is 448. The largest absolute Gasteiger partial charge is 0.343 e. The molecule has 0 radical (unpaired) electrons. The monoisotopic (exact) mass is 406 g/mol. The minimum absolute atomic E-state index is 0.423. The van der Waals surface area contributed by atoms with E-state index in [1.165, 1.54) is 90.3 Å². The van der Waals surface area contributed by atoms with Gasteiger partial charge in [0.25, 0.3) is 0 Å². The first-order valence-electron chi connectivity index (χ1n) is 13.0. The highest BCUT2D eigenvalue weighted by molar-refractivity contribution is 5.76. The zero-order valence-corrected chi connectivity index (χ0v) is 20.2. The molecule has 2 saturated heterocycles. The molecule has 1 amide bonds. The molecule has 2 heterocycles. The van der Waals surface area contributed by atoms with Crippen LogP contribution in [0, 0.1) is 17.3 Å². The Labute approximate surface area is 182 Å². The summed E-state index contributed by atoms with van der Waals surface area (Å²) in [4.78, 5) is 17.5. The molecule has 2 aliphatic rings. The summed E-state index contributed by atoms with van der Waals surface area (Å²) in [5.41, 5.74) is 0.534. The van der Waals surface area contributed by atoms with Crippen LogP contribution in [0.3, 0.4) is 0 Å². The number of carbonyl (C=O) groups excluding carboxylic acids is 1. The van der Waals surface area contributed by atoms with E-state index in [1.807, 2.05) is 0 Å². The van der Waals surface area contributed by atoms with Gasteiger partial charge in [0.05, 0.1) is 0 Å². The summed E-state index contributed by atoms with van der Waals surface area (Å²) in [5.74, 6) is 2.01. The van der Waals surface area contributed by atoms with Gasteiger partial charge in [-0.05, 0) is 42.9 Å². The minimum Gasteiger partial charge on any atom is -0.343 e. The second-order valence-electron chi connectivity index (χ2n) is 10.5. The fourth-order valence-corrected chi connectivity index (χ4v) is 5.56. The molecule has 0 aliphatic carbocycles. The van der Waals surface area contributed by atoms with Crippen LogP contribution in [0.2, 0.25) is 0 Å². The third-order valence-corrected chi connectivity index (χ3v) is 7.72. The Morgan fingerprint density at radius 1 is 0.897 bits per heavy atom. The molecule has 3 nitrogen and oxygen atoms in total. The Kier molecular flexibility index (Phi) is 11.0. The highest BCUT2D eigenvalue weighted by Gasteiger charge is 2.45. The van der Waals surface area contributed by atoms with Gasteiger partial charge in [0.1, 0.15) is 0 Å². The summed E-state index contributed by atoms with van der Waals surface area (Å²) in [6.07, 6.45) is 16.4. The van der Waals surface area contributed by atoms with Gasteiger partial charge in [0.2, 0.25) is 5.91 Å². The Morgan fingerprint density at radius 3 is 2.21 bits per heavy atom. The number of hydrogen-bond donors (Lipinski definition) is 0. The van der Waals surface area contributed by atoms with Crippen molar-refractivity contribution in [2.24, 2.45) is 17.3 Å². The summed E-state index contributed by atoms with van der Waals surface area (Å²) in [6.45, 7) is 15.1. The highest BCUT2D eigenvalue weighted by Crippen LogP contribution is 2.41. The normalized spacial score (nSPS) is 21.2.